The smallest absolute Gasteiger partial charge is 0.230 e. The molecule has 1 heterocycles. The van der Waals surface area contributed by atoms with Crippen molar-refractivity contribution in [2.75, 3.05) is 19.5 Å². The number of anilines is 1. The van der Waals surface area contributed by atoms with Gasteiger partial charge in [-0.25, -0.2) is 0 Å². The van der Waals surface area contributed by atoms with Gasteiger partial charge in [-0.1, -0.05) is 5.16 Å². The van der Waals surface area contributed by atoms with Crippen LogP contribution >= 0.6 is 0 Å². The van der Waals surface area contributed by atoms with Crippen molar-refractivity contribution in [3.63, 3.8) is 0 Å². The summed E-state index contributed by atoms with van der Waals surface area (Å²) in [5.74, 6) is 1.78. The first kappa shape index (κ1) is 12.3. The SMILES string of the molecule is CCOc1cc(-c2cnoc2N)c(OC)cc1C. The Morgan fingerprint density at radius 1 is 1.28 bits per heavy atom. The van der Waals surface area contributed by atoms with Gasteiger partial charge in [0.25, 0.3) is 0 Å². The van der Waals surface area contributed by atoms with Crippen LogP contribution in [0.1, 0.15) is 12.5 Å². The van der Waals surface area contributed by atoms with E-state index in [1.54, 1.807) is 13.3 Å². The second kappa shape index (κ2) is 5.00. The van der Waals surface area contributed by atoms with Crippen molar-refractivity contribution in [3.05, 3.63) is 23.9 Å². The lowest BCUT2D eigenvalue weighted by atomic mass is 10.0. The normalized spacial score (nSPS) is 10.4. The summed E-state index contributed by atoms with van der Waals surface area (Å²) in [5.41, 5.74) is 8.25. The maximum atomic E-state index is 5.73. The van der Waals surface area contributed by atoms with E-state index in [0.717, 1.165) is 16.9 Å². The maximum absolute atomic E-state index is 5.73. The highest BCUT2D eigenvalue weighted by atomic mass is 16.5. The highest BCUT2D eigenvalue weighted by molar-refractivity contribution is 5.78. The number of methoxy groups -OCH3 is 1. The van der Waals surface area contributed by atoms with Gasteiger partial charge in [-0.2, -0.15) is 0 Å². The van der Waals surface area contributed by atoms with Crippen molar-refractivity contribution < 1.29 is 14.0 Å². The number of nitrogen functional groups attached to an aromatic ring is 1. The van der Waals surface area contributed by atoms with Crippen LogP contribution in [0.5, 0.6) is 11.5 Å². The molecule has 0 spiro atoms. The van der Waals surface area contributed by atoms with Gasteiger partial charge in [0.2, 0.25) is 5.88 Å². The number of hydrogen-bond donors (Lipinski definition) is 1. The molecular weight excluding hydrogens is 232 g/mol. The van der Waals surface area contributed by atoms with Gasteiger partial charge in [0, 0.05) is 5.56 Å². The van der Waals surface area contributed by atoms with E-state index in [0.29, 0.717) is 17.9 Å². The number of aryl methyl sites for hydroxylation is 1. The quantitative estimate of drug-likeness (QED) is 0.900. The molecule has 0 saturated heterocycles. The summed E-state index contributed by atoms with van der Waals surface area (Å²) < 4.78 is 15.8. The van der Waals surface area contributed by atoms with Crippen LogP contribution in [-0.4, -0.2) is 18.9 Å². The number of aromatic nitrogens is 1. The van der Waals surface area contributed by atoms with Crippen LogP contribution in [0.25, 0.3) is 11.1 Å². The Morgan fingerprint density at radius 2 is 2.06 bits per heavy atom. The van der Waals surface area contributed by atoms with Crippen LogP contribution in [0.4, 0.5) is 5.88 Å². The molecule has 0 bridgehead atoms. The fourth-order valence-electron chi connectivity index (χ4n) is 1.80. The number of benzene rings is 1. The second-order valence-corrected chi connectivity index (χ2v) is 3.85. The van der Waals surface area contributed by atoms with Gasteiger partial charge in [-0.3, -0.25) is 0 Å². The zero-order chi connectivity index (χ0) is 13.1. The number of rotatable bonds is 4. The van der Waals surface area contributed by atoms with Gasteiger partial charge < -0.3 is 19.7 Å². The number of nitrogens with zero attached hydrogens (tertiary/aromatic N) is 1. The summed E-state index contributed by atoms with van der Waals surface area (Å²) in [4.78, 5) is 0. The number of ether oxygens (including phenoxy) is 2. The van der Waals surface area contributed by atoms with Crippen LogP contribution in [0.2, 0.25) is 0 Å². The molecule has 0 atom stereocenters. The fourth-order valence-corrected chi connectivity index (χ4v) is 1.80. The molecule has 2 aromatic rings. The molecule has 0 fully saturated rings. The third-order valence-electron chi connectivity index (χ3n) is 2.69. The Balaban J connectivity index is 2.57. The maximum Gasteiger partial charge on any atom is 0.230 e. The van der Waals surface area contributed by atoms with Gasteiger partial charge in [0.05, 0.1) is 25.5 Å². The van der Waals surface area contributed by atoms with E-state index >= 15 is 0 Å². The van der Waals surface area contributed by atoms with Gasteiger partial charge in [-0.15, -0.1) is 0 Å². The lowest BCUT2D eigenvalue weighted by Crippen LogP contribution is -1.97. The lowest BCUT2D eigenvalue weighted by Gasteiger charge is -2.13. The summed E-state index contributed by atoms with van der Waals surface area (Å²) in [5, 5.41) is 3.68. The van der Waals surface area contributed by atoms with Gasteiger partial charge in [-0.05, 0) is 31.5 Å². The minimum Gasteiger partial charge on any atom is -0.496 e. The average Bonchev–Trinajstić information content (AvgIpc) is 2.78. The zero-order valence-electron chi connectivity index (χ0n) is 10.7. The summed E-state index contributed by atoms with van der Waals surface area (Å²) in [6.07, 6.45) is 1.57. The van der Waals surface area contributed by atoms with Crippen molar-refractivity contribution in [2.45, 2.75) is 13.8 Å². The van der Waals surface area contributed by atoms with E-state index in [1.807, 2.05) is 26.0 Å². The molecule has 0 aliphatic heterocycles. The number of hydrogen-bond acceptors (Lipinski definition) is 5. The predicted octanol–water partition coefficient (Wildman–Crippen LogP) is 2.64. The minimum atomic E-state index is 0.264. The van der Waals surface area contributed by atoms with Gasteiger partial charge >= 0.3 is 0 Å². The molecule has 5 nitrogen and oxygen atoms in total. The van der Waals surface area contributed by atoms with Crippen LogP contribution in [-0.2, 0) is 0 Å². The zero-order valence-corrected chi connectivity index (χ0v) is 10.7. The molecule has 0 saturated carbocycles. The standard InChI is InChI=1S/C13H16N2O3/c1-4-17-11-6-9(10-7-15-18-13(10)14)12(16-3)5-8(11)2/h5-7H,4,14H2,1-3H3. The van der Waals surface area contributed by atoms with Gasteiger partial charge in [0.15, 0.2) is 0 Å². The molecule has 0 aliphatic rings. The van der Waals surface area contributed by atoms with Crippen LogP contribution < -0.4 is 15.2 Å². The minimum absolute atomic E-state index is 0.264. The van der Waals surface area contributed by atoms with Crippen molar-refractivity contribution in [1.82, 2.24) is 5.16 Å². The van der Waals surface area contributed by atoms with Crippen molar-refractivity contribution in [1.29, 1.82) is 0 Å². The summed E-state index contributed by atoms with van der Waals surface area (Å²) in [6.45, 7) is 4.51. The third-order valence-corrected chi connectivity index (χ3v) is 2.69. The Bertz CT molecular complexity index is 549. The molecule has 5 heteroatoms. The number of nitrogens with two attached hydrogens (primary N) is 1. The molecule has 0 unspecified atom stereocenters. The summed E-state index contributed by atoms with van der Waals surface area (Å²) in [6, 6.07) is 3.80. The molecule has 96 valence electrons. The van der Waals surface area contributed by atoms with Crippen molar-refractivity contribution in [2.24, 2.45) is 0 Å². The lowest BCUT2D eigenvalue weighted by molar-refractivity contribution is 0.337. The fraction of sp³-hybridized carbons (Fsp3) is 0.308. The van der Waals surface area contributed by atoms with E-state index in [4.69, 9.17) is 19.7 Å². The monoisotopic (exact) mass is 248 g/mol. The first-order chi connectivity index (χ1) is 8.67. The van der Waals surface area contributed by atoms with E-state index in [-0.39, 0.29) is 5.88 Å². The second-order valence-electron chi connectivity index (χ2n) is 3.85. The molecular formula is C13H16N2O3. The third kappa shape index (κ3) is 2.11. The average molecular weight is 248 g/mol. The highest BCUT2D eigenvalue weighted by Gasteiger charge is 2.15. The van der Waals surface area contributed by atoms with E-state index in [2.05, 4.69) is 5.16 Å². The van der Waals surface area contributed by atoms with Crippen molar-refractivity contribution in [3.8, 4) is 22.6 Å². The molecule has 18 heavy (non-hydrogen) atoms. The van der Waals surface area contributed by atoms with Crippen LogP contribution in [0.3, 0.4) is 0 Å². The Kier molecular flexibility index (Phi) is 3.41. The summed E-state index contributed by atoms with van der Waals surface area (Å²) in [7, 11) is 1.61. The molecule has 2 N–H and O–H groups in total. The molecule has 0 amide bonds. The molecule has 0 aliphatic carbocycles. The van der Waals surface area contributed by atoms with Crippen LogP contribution in [0.15, 0.2) is 22.9 Å². The van der Waals surface area contributed by atoms with E-state index in [1.165, 1.54) is 0 Å². The first-order valence-electron chi connectivity index (χ1n) is 5.69. The first-order valence-corrected chi connectivity index (χ1v) is 5.69. The van der Waals surface area contributed by atoms with E-state index in [9.17, 15) is 0 Å². The van der Waals surface area contributed by atoms with Crippen LogP contribution in [0, 0.1) is 6.92 Å². The summed E-state index contributed by atoms with van der Waals surface area (Å²) >= 11 is 0. The Morgan fingerprint density at radius 3 is 2.61 bits per heavy atom. The van der Waals surface area contributed by atoms with Crippen molar-refractivity contribution >= 4 is 5.88 Å². The Labute approximate surface area is 105 Å². The largest absolute Gasteiger partial charge is 0.496 e. The molecule has 1 aromatic carbocycles. The highest BCUT2D eigenvalue weighted by Crippen LogP contribution is 2.38. The van der Waals surface area contributed by atoms with Gasteiger partial charge in [0.1, 0.15) is 11.5 Å². The molecule has 2 rings (SSSR count). The predicted molar refractivity (Wildman–Crippen MR) is 68.8 cm³/mol. The topological polar surface area (TPSA) is 70.5 Å². The molecule has 0 radical (unpaired) electrons. The molecule has 1 aromatic heterocycles. The Hall–Kier alpha value is -2.17. The van der Waals surface area contributed by atoms with E-state index < -0.39 is 0 Å².